The molecule has 2 rings (SSSR count). The number of nitrogens with zero attached hydrogens (tertiary/aromatic N) is 1. The van der Waals surface area contributed by atoms with Crippen LogP contribution in [0, 0.1) is 11.8 Å². The van der Waals surface area contributed by atoms with E-state index in [1.54, 1.807) is 0 Å². The number of carbonyl (C=O) groups is 1. The van der Waals surface area contributed by atoms with Crippen LogP contribution in [0.1, 0.15) is 66.2 Å². The number of nitrogens with one attached hydrogen (secondary N) is 1. The summed E-state index contributed by atoms with van der Waals surface area (Å²) in [5.41, 5.74) is 0. The van der Waals surface area contributed by atoms with Crippen LogP contribution >= 0.6 is 0 Å². The lowest BCUT2D eigenvalue weighted by Gasteiger charge is -2.30. The normalized spacial score (nSPS) is 37.1. The van der Waals surface area contributed by atoms with E-state index in [0.717, 1.165) is 25.2 Å². The summed E-state index contributed by atoms with van der Waals surface area (Å²) in [6, 6.07) is 0.540. The van der Waals surface area contributed by atoms with Gasteiger partial charge in [0.1, 0.15) is 0 Å². The standard InChI is InChI=1S/C16H30N2O/c1-5-7-14-17-15(12(4)6-2)16(19)18(14)13-9-8-11(3)10-13/h11-15,17H,5-10H2,1-4H3. The van der Waals surface area contributed by atoms with Gasteiger partial charge < -0.3 is 4.90 Å². The second-order valence-electron chi connectivity index (χ2n) is 6.65. The highest BCUT2D eigenvalue weighted by Crippen LogP contribution is 2.34. The highest BCUT2D eigenvalue weighted by Gasteiger charge is 2.44. The first-order valence-corrected chi connectivity index (χ1v) is 8.16. The lowest BCUT2D eigenvalue weighted by molar-refractivity contribution is -0.133. The molecule has 0 aromatic rings. The predicted octanol–water partition coefficient (Wildman–Crippen LogP) is 3.15. The van der Waals surface area contributed by atoms with E-state index < -0.39 is 0 Å². The monoisotopic (exact) mass is 266 g/mol. The summed E-state index contributed by atoms with van der Waals surface area (Å²) in [7, 11) is 0. The quantitative estimate of drug-likeness (QED) is 0.829. The highest BCUT2D eigenvalue weighted by molar-refractivity contribution is 5.85. The fraction of sp³-hybridized carbons (Fsp3) is 0.938. The molecular formula is C16H30N2O. The van der Waals surface area contributed by atoms with Gasteiger partial charge in [0.15, 0.2) is 0 Å². The first-order chi connectivity index (χ1) is 9.08. The van der Waals surface area contributed by atoms with E-state index in [9.17, 15) is 4.79 Å². The molecule has 5 unspecified atom stereocenters. The third-order valence-electron chi connectivity index (χ3n) is 5.06. The Morgan fingerprint density at radius 3 is 2.63 bits per heavy atom. The molecule has 1 N–H and O–H groups in total. The molecule has 1 aliphatic heterocycles. The molecule has 0 aromatic heterocycles. The molecule has 2 fully saturated rings. The Morgan fingerprint density at radius 2 is 2.11 bits per heavy atom. The zero-order chi connectivity index (χ0) is 14.0. The van der Waals surface area contributed by atoms with Gasteiger partial charge in [-0.15, -0.1) is 0 Å². The summed E-state index contributed by atoms with van der Waals surface area (Å²) in [6.07, 6.45) is 7.24. The lowest BCUT2D eigenvalue weighted by Crippen LogP contribution is -2.43. The fourth-order valence-electron chi connectivity index (χ4n) is 3.68. The molecule has 1 saturated carbocycles. The SMILES string of the molecule is CCCC1NC(C(C)CC)C(=O)N1C1CCC(C)C1. The van der Waals surface area contributed by atoms with Crippen LogP contribution in [0.2, 0.25) is 0 Å². The molecule has 3 nitrogen and oxygen atoms in total. The molecule has 0 radical (unpaired) electrons. The molecular weight excluding hydrogens is 236 g/mol. The minimum atomic E-state index is 0.0532. The van der Waals surface area contributed by atoms with Crippen LogP contribution in [0.15, 0.2) is 0 Å². The topological polar surface area (TPSA) is 32.3 Å². The summed E-state index contributed by atoms with van der Waals surface area (Å²) in [6.45, 7) is 8.89. The van der Waals surface area contributed by atoms with Crippen molar-refractivity contribution in [3.63, 3.8) is 0 Å². The Bertz CT molecular complexity index is 318. The largest absolute Gasteiger partial charge is 0.323 e. The zero-order valence-electron chi connectivity index (χ0n) is 13.0. The van der Waals surface area contributed by atoms with E-state index in [-0.39, 0.29) is 12.2 Å². The first kappa shape index (κ1) is 14.8. The van der Waals surface area contributed by atoms with Gasteiger partial charge in [0.2, 0.25) is 5.91 Å². The average Bonchev–Trinajstić information content (AvgIpc) is 2.93. The van der Waals surface area contributed by atoms with Gasteiger partial charge in [-0.3, -0.25) is 10.1 Å². The van der Waals surface area contributed by atoms with Crippen molar-refractivity contribution >= 4 is 5.91 Å². The highest BCUT2D eigenvalue weighted by atomic mass is 16.2. The molecule has 0 aromatic carbocycles. The van der Waals surface area contributed by atoms with Crippen molar-refractivity contribution in [2.24, 2.45) is 11.8 Å². The summed E-state index contributed by atoms with van der Waals surface area (Å²) < 4.78 is 0. The van der Waals surface area contributed by atoms with E-state index in [1.165, 1.54) is 19.3 Å². The number of amides is 1. The van der Waals surface area contributed by atoms with Crippen molar-refractivity contribution in [1.29, 1.82) is 0 Å². The van der Waals surface area contributed by atoms with Crippen molar-refractivity contribution in [3.05, 3.63) is 0 Å². The van der Waals surface area contributed by atoms with E-state index >= 15 is 0 Å². The summed E-state index contributed by atoms with van der Waals surface area (Å²) >= 11 is 0. The molecule has 0 bridgehead atoms. The maximum absolute atomic E-state index is 12.7. The molecule has 3 heteroatoms. The number of rotatable bonds is 5. The molecule has 1 saturated heterocycles. The maximum Gasteiger partial charge on any atom is 0.241 e. The van der Waals surface area contributed by atoms with Crippen molar-refractivity contribution in [3.8, 4) is 0 Å². The number of carbonyl (C=O) groups excluding carboxylic acids is 1. The number of hydrogen-bond donors (Lipinski definition) is 1. The van der Waals surface area contributed by atoms with Crippen LogP contribution in [-0.2, 0) is 4.79 Å². The van der Waals surface area contributed by atoms with Crippen LogP contribution in [0.4, 0.5) is 0 Å². The Labute approximate surface area is 118 Å². The molecule has 1 aliphatic carbocycles. The Balaban J connectivity index is 2.11. The predicted molar refractivity (Wildman–Crippen MR) is 78.7 cm³/mol. The van der Waals surface area contributed by atoms with Crippen molar-refractivity contribution in [2.75, 3.05) is 0 Å². The van der Waals surface area contributed by atoms with Gasteiger partial charge in [0.05, 0.1) is 12.2 Å². The Morgan fingerprint density at radius 1 is 1.37 bits per heavy atom. The summed E-state index contributed by atoms with van der Waals surface area (Å²) in [5.74, 6) is 1.59. The van der Waals surface area contributed by atoms with Gasteiger partial charge in [0, 0.05) is 6.04 Å². The second kappa shape index (κ2) is 6.25. The zero-order valence-corrected chi connectivity index (χ0v) is 13.0. The van der Waals surface area contributed by atoms with E-state index in [4.69, 9.17) is 0 Å². The Kier molecular flexibility index (Phi) is 4.88. The smallest absolute Gasteiger partial charge is 0.241 e. The van der Waals surface area contributed by atoms with E-state index in [2.05, 4.69) is 37.9 Å². The second-order valence-corrected chi connectivity index (χ2v) is 6.65. The van der Waals surface area contributed by atoms with Gasteiger partial charge in [-0.1, -0.05) is 40.5 Å². The maximum atomic E-state index is 12.7. The minimum Gasteiger partial charge on any atom is -0.323 e. The third kappa shape index (κ3) is 2.96. The van der Waals surface area contributed by atoms with Gasteiger partial charge in [-0.2, -0.15) is 0 Å². The summed E-state index contributed by atoms with van der Waals surface area (Å²) in [4.78, 5) is 15.0. The van der Waals surface area contributed by atoms with E-state index in [1.807, 2.05) is 0 Å². The number of hydrogen-bond acceptors (Lipinski definition) is 2. The van der Waals surface area contributed by atoms with Gasteiger partial charge in [-0.05, 0) is 37.5 Å². The Hall–Kier alpha value is -0.570. The molecule has 5 atom stereocenters. The van der Waals surface area contributed by atoms with Gasteiger partial charge in [-0.25, -0.2) is 0 Å². The van der Waals surface area contributed by atoms with Crippen LogP contribution in [-0.4, -0.2) is 29.1 Å². The van der Waals surface area contributed by atoms with Crippen LogP contribution in [0.5, 0.6) is 0 Å². The molecule has 19 heavy (non-hydrogen) atoms. The molecule has 1 amide bonds. The van der Waals surface area contributed by atoms with Crippen molar-refractivity contribution < 1.29 is 4.79 Å². The molecule has 0 spiro atoms. The van der Waals surface area contributed by atoms with E-state index in [0.29, 0.717) is 17.9 Å². The third-order valence-corrected chi connectivity index (χ3v) is 5.06. The summed E-state index contributed by atoms with van der Waals surface area (Å²) in [5, 5.41) is 3.61. The van der Waals surface area contributed by atoms with Crippen molar-refractivity contribution in [2.45, 2.75) is 84.5 Å². The molecule has 2 aliphatic rings. The molecule has 1 heterocycles. The lowest BCUT2D eigenvalue weighted by atomic mass is 9.99. The molecule has 110 valence electrons. The minimum absolute atomic E-state index is 0.0532. The average molecular weight is 266 g/mol. The van der Waals surface area contributed by atoms with Gasteiger partial charge >= 0.3 is 0 Å². The fourth-order valence-corrected chi connectivity index (χ4v) is 3.68. The van der Waals surface area contributed by atoms with Gasteiger partial charge in [0.25, 0.3) is 0 Å². The van der Waals surface area contributed by atoms with Crippen molar-refractivity contribution in [1.82, 2.24) is 10.2 Å². The van der Waals surface area contributed by atoms with Crippen LogP contribution < -0.4 is 5.32 Å². The van der Waals surface area contributed by atoms with Crippen LogP contribution in [0.3, 0.4) is 0 Å². The van der Waals surface area contributed by atoms with Crippen LogP contribution in [0.25, 0.3) is 0 Å². The first-order valence-electron chi connectivity index (χ1n) is 8.16.